The Hall–Kier alpha value is -0.110. The third-order valence-corrected chi connectivity index (χ3v) is 2.49. The summed E-state index contributed by atoms with van der Waals surface area (Å²) >= 11 is 0. The first-order valence-electron chi connectivity index (χ1n) is 4.35. The van der Waals surface area contributed by atoms with E-state index in [2.05, 4.69) is 6.92 Å². The van der Waals surface area contributed by atoms with E-state index >= 15 is 0 Å². The summed E-state index contributed by atoms with van der Waals surface area (Å²) in [7, 11) is 1.00. The molecule has 0 aliphatic heterocycles. The topological polar surface area (TPSA) is 20.2 Å². The molecule has 1 fully saturated rings. The highest BCUT2D eigenvalue weighted by molar-refractivity contribution is 4.70. The third kappa shape index (κ3) is 3.71. The van der Waals surface area contributed by atoms with E-state index in [0.29, 0.717) is 11.8 Å². The van der Waals surface area contributed by atoms with E-state index in [4.69, 9.17) is 5.11 Å². The highest BCUT2D eigenvalue weighted by Gasteiger charge is 2.20. The second-order valence-corrected chi connectivity index (χ2v) is 3.18. The molecule has 68 valence electrons. The molecule has 2 atom stereocenters. The number of rotatable bonds is 1. The van der Waals surface area contributed by atoms with Gasteiger partial charge in [-0.15, -0.1) is 0 Å². The van der Waals surface area contributed by atoms with Gasteiger partial charge in [0.05, 0.1) is 6.67 Å². The van der Waals surface area contributed by atoms with Crippen LogP contribution in [-0.4, -0.2) is 18.9 Å². The molecule has 0 saturated heterocycles. The van der Waals surface area contributed by atoms with Crippen LogP contribution in [0.5, 0.6) is 0 Å². The second-order valence-electron chi connectivity index (χ2n) is 3.18. The number of hydrogen-bond donors (Lipinski definition) is 1. The fraction of sp³-hybridized carbons (Fsp3) is 1.00. The molecule has 0 spiro atoms. The number of hydrogen-bond acceptors (Lipinski definition) is 1. The zero-order chi connectivity index (χ0) is 8.69. The molecule has 0 amide bonds. The van der Waals surface area contributed by atoms with Crippen molar-refractivity contribution in [3.8, 4) is 0 Å². The van der Waals surface area contributed by atoms with Crippen LogP contribution in [0, 0.1) is 11.8 Å². The summed E-state index contributed by atoms with van der Waals surface area (Å²) in [6.45, 7) is 2.07. The van der Waals surface area contributed by atoms with Gasteiger partial charge in [0.25, 0.3) is 0 Å². The van der Waals surface area contributed by atoms with Crippen LogP contribution in [0.2, 0.25) is 0 Å². The number of halogens is 1. The van der Waals surface area contributed by atoms with Crippen LogP contribution in [0.3, 0.4) is 0 Å². The van der Waals surface area contributed by atoms with Crippen molar-refractivity contribution in [2.75, 3.05) is 13.8 Å². The van der Waals surface area contributed by atoms with E-state index in [9.17, 15) is 4.39 Å². The minimum absolute atomic E-state index is 0.0961. The molecule has 0 aromatic rings. The largest absolute Gasteiger partial charge is 0.400 e. The van der Waals surface area contributed by atoms with Gasteiger partial charge in [-0.25, -0.2) is 0 Å². The fourth-order valence-corrected chi connectivity index (χ4v) is 1.62. The molecule has 11 heavy (non-hydrogen) atoms. The highest BCUT2D eigenvalue weighted by Crippen LogP contribution is 2.29. The van der Waals surface area contributed by atoms with Gasteiger partial charge in [0.15, 0.2) is 0 Å². The maximum atomic E-state index is 12.1. The summed E-state index contributed by atoms with van der Waals surface area (Å²) in [4.78, 5) is 0. The lowest BCUT2D eigenvalue weighted by Crippen LogP contribution is -2.17. The van der Waals surface area contributed by atoms with Crippen molar-refractivity contribution in [3.63, 3.8) is 0 Å². The molecule has 0 bridgehead atoms. The Labute approximate surface area is 68.6 Å². The van der Waals surface area contributed by atoms with E-state index in [1.54, 1.807) is 0 Å². The Morgan fingerprint density at radius 1 is 1.27 bits per heavy atom. The average Bonchev–Trinajstić information content (AvgIpc) is 2.09. The Morgan fingerprint density at radius 3 is 2.18 bits per heavy atom. The Kier molecular flexibility index (Phi) is 6.52. The van der Waals surface area contributed by atoms with Gasteiger partial charge < -0.3 is 5.11 Å². The first-order valence-corrected chi connectivity index (χ1v) is 4.35. The van der Waals surface area contributed by atoms with E-state index in [-0.39, 0.29) is 6.67 Å². The van der Waals surface area contributed by atoms with Crippen molar-refractivity contribution >= 4 is 0 Å². The second kappa shape index (κ2) is 6.59. The van der Waals surface area contributed by atoms with Crippen LogP contribution < -0.4 is 0 Å². The third-order valence-electron chi connectivity index (χ3n) is 2.49. The van der Waals surface area contributed by atoms with Crippen molar-refractivity contribution < 1.29 is 9.50 Å². The Bertz CT molecular complexity index is 85.6. The summed E-state index contributed by atoms with van der Waals surface area (Å²) < 4.78 is 12.1. The Morgan fingerprint density at radius 2 is 1.82 bits per heavy atom. The van der Waals surface area contributed by atoms with Crippen molar-refractivity contribution in [2.45, 2.75) is 32.6 Å². The number of alkyl halides is 1. The van der Waals surface area contributed by atoms with Crippen LogP contribution >= 0.6 is 0 Å². The normalized spacial score (nSPS) is 30.5. The van der Waals surface area contributed by atoms with Gasteiger partial charge in [-0.1, -0.05) is 26.2 Å². The zero-order valence-corrected chi connectivity index (χ0v) is 7.52. The summed E-state index contributed by atoms with van der Waals surface area (Å²) in [5, 5.41) is 7.00. The van der Waals surface area contributed by atoms with Crippen LogP contribution in [0.15, 0.2) is 0 Å². The van der Waals surface area contributed by atoms with Crippen molar-refractivity contribution in [1.29, 1.82) is 0 Å². The molecular weight excluding hydrogens is 143 g/mol. The van der Waals surface area contributed by atoms with Crippen molar-refractivity contribution in [3.05, 3.63) is 0 Å². The molecule has 1 saturated carbocycles. The maximum absolute atomic E-state index is 12.1. The maximum Gasteiger partial charge on any atom is 0.0925 e. The summed E-state index contributed by atoms with van der Waals surface area (Å²) in [6, 6.07) is 0. The average molecular weight is 162 g/mol. The van der Waals surface area contributed by atoms with Crippen LogP contribution in [0.1, 0.15) is 32.6 Å². The van der Waals surface area contributed by atoms with Crippen LogP contribution in [0.25, 0.3) is 0 Å². The lowest BCUT2D eigenvalue weighted by molar-refractivity contribution is 0.207. The molecule has 2 unspecified atom stereocenters. The molecule has 0 heterocycles. The SMILES string of the molecule is CC1CCCCC1CF.CO. The summed E-state index contributed by atoms with van der Waals surface area (Å²) in [5.41, 5.74) is 0. The Balaban J connectivity index is 0.000000461. The first-order chi connectivity index (χ1) is 5.34. The predicted molar refractivity (Wildman–Crippen MR) is 45.2 cm³/mol. The zero-order valence-electron chi connectivity index (χ0n) is 7.52. The molecule has 1 rings (SSSR count). The molecule has 1 N–H and O–H groups in total. The summed E-state index contributed by atoms with van der Waals surface area (Å²) in [5.74, 6) is 1.03. The van der Waals surface area contributed by atoms with E-state index in [1.807, 2.05) is 0 Å². The number of aliphatic hydroxyl groups is 1. The van der Waals surface area contributed by atoms with Gasteiger partial charge in [0, 0.05) is 7.11 Å². The lowest BCUT2D eigenvalue weighted by Gasteiger charge is -2.25. The molecule has 0 aromatic heterocycles. The van der Waals surface area contributed by atoms with Gasteiger partial charge in [-0.2, -0.15) is 0 Å². The summed E-state index contributed by atoms with van der Waals surface area (Å²) in [6.07, 6.45) is 4.93. The minimum atomic E-state index is -0.0961. The van der Waals surface area contributed by atoms with Gasteiger partial charge in [0.1, 0.15) is 0 Å². The van der Waals surface area contributed by atoms with E-state index in [0.717, 1.165) is 13.5 Å². The molecular formula is C9H19FO. The first kappa shape index (κ1) is 10.9. The smallest absolute Gasteiger partial charge is 0.0925 e. The van der Waals surface area contributed by atoms with Gasteiger partial charge in [-0.05, 0) is 18.3 Å². The predicted octanol–water partition coefficient (Wildman–Crippen LogP) is 2.39. The standard InChI is InChI=1S/C8H15F.CH4O/c1-7-4-2-3-5-8(7)6-9;1-2/h7-8H,2-6H2,1H3;2H,1H3. The van der Waals surface area contributed by atoms with Crippen molar-refractivity contribution in [2.24, 2.45) is 11.8 Å². The van der Waals surface area contributed by atoms with Crippen LogP contribution in [-0.2, 0) is 0 Å². The van der Waals surface area contributed by atoms with E-state index in [1.165, 1.54) is 19.3 Å². The molecule has 0 aromatic carbocycles. The molecule has 1 aliphatic rings. The highest BCUT2D eigenvalue weighted by atomic mass is 19.1. The van der Waals surface area contributed by atoms with Gasteiger partial charge in [0.2, 0.25) is 0 Å². The number of aliphatic hydroxyl groups excluding tert-OH is 1. The molecule has 1 aliphatic carbocycles. The van der Waals surface area contributed by atoms with E-state index < -0.39 is 0 Å². The minimum Gasteiger partial charge on any atom is -0.400 e. The molecule has 0 radical (unpaired) electrons. The molecule has 1 nitrogen and oxygen atoms in total. The van der Waals surface area contributed by atoms with Gasteiger partial charge >= 0.3 is 0 Å². The lowest BCUT2D eigenvalue weighted by atomic mass is 9.81. The van der Waals surface area contributed by atoms with Gasteiger partial charge in [-0.3, -0.25) is 4.39 Å². The fourth-order valence-electron chi connectivity index (χ4n) is 1.62. The molecule has 2 heteroatoms. The van der Waals surface area contributed by atoms with Crippen LogP contribution in [0.4, 0.5) is 4.39 Å². The monoisotopic (exact) mass is 162 g/mol. The van der Waals surface area contributed by atoms with Crippen molar-refractivity contribution in [1.82, 2.24) is 0 Å². The quantitative estimate of drug-likeness (QED) is 0.627.